The van der Waals surface area contributed by atoms with Crippen molar-refractivity contribution in [3.63, 3.8) is 0 Å². The summed E-state index contributed by atoms with van der Waals surface area (Å²) in [6, 6.07) is 6.45. The van der Waals surface area contributed by atoms with Crippen molar-refractivity contribution < 1.29 is 4.74 Å². The van der Waals surface area contributed by atoms with Crippen LogP contribution in [0.5, 0.6) is 5.75 Å². The van der Waals surface area contributed by atoms with E-state index < -0.39 is 0 Å². The van der Waals surface area contributed by atoms with Gasteiger partial charge in [-0.05, 0) is 38.0 Å². The van der Waals surface area contributed by atoms with E-state index in [0.29, 0.717) is 17.7 Å². The quantitative estimate of drug-likeness (QED) is 0.890. The van der Waals surface area contributed by atoms with Crippen LogP contribution in [0, 0.1) is 6.92 Å². The molecule has 1 fully saturated rings. The second-order valence-corrected chi connectivity index (χ2v) is 5.72. The van der Waals surface area contributed by atoms with E-state index in [2.05, 4.69) is 15.3 Å². The number of rotatable bonds is 6. The molecule has 110 valence electrons. The molecule has 0 aliphatic heterocycles. The zero-order valence-electron chi connectivity index (χ0n) is 12.0. The minimum Gasteiger partial charge on any atom is -0.487 e. The van der Waals surface area contributed by atoms with Gasteiger partial charge in [-0.1, -0.05) is 11.6 Å². The third-order valence-electron chi connectivity index (χ3n) is 3.45. The summed E-state index contributed by atoms with van der Waals surface area (Å²) in [5.74, 6) is 0.807. The number of ether oxygens (including phenoxy) is 1. The molecule has 1 saturated carbocycles. The van der Waals surface area contributed by atoms with Crippen LogP contribution in [-0.4, -0.2) is 16.0 Å². The van der Waals surface area contributed by atoms with E-state index in [-0.39, 0.29) is 0 Å². The summed E-state index contributed by atoms with van der Waals surface area (Å²) in [7, 11) is 0. The van der Waals surface area contributed by atoms with E-state index in [0.717, 1.165) is 29.2 Å². The second-order valence-electron chi connectivity index (χ2n) is 5.31. The van der Waals surface area contributed by atoms with Gasteiger partial charge < -0.3 is 10.1 Å². The first-order valence-electron chi connectivity index (χ1n) is 7.13. The van der Waals surface area contributed by atoms with Gasteiger partial charge in [0.2, 0.25) is 0 Å². The number of nitrogens with one attached hydrogen (secondary N) is 1. The van der Waals surface area contributed by atoms with Crippen molar-refractivity contribution in [3.05, 3.63) is 52.6 Å². The molecule has 1 aliphatic rings. The molecule has 2 aromatic heterocycles. The summed E-state index contributed by atoms with van der Waals surface area (Å²) in [6.45, 7) is 3.15. The third-order valence-corrected chi connectivity index (χ3v) is 3.79. The van der Waals surface area contributed by atoms with Crippen molar-refractivity contribution in [3.8, 4) is 5.75 Å². The van der Waals surface area contributed by atoms with E-state index in [1.54, 1.807) is 12.4 Å². The predicted octanol–water partition coefficient (Wildman–Crippen LogP) is 3.27. The van der Waals surface area contributed by atoms with E-state index in [9.17, 15) is 0 Å². The van der Waals surface area contributed by atoms with Crippen LogP contribution in [0.15, 0.2) is 30.6 Å². The molecule has 1 aliphatic carbocycles. The molecular formula is C16H18ClN3O. The summed E-state index contributed by atoms with van der Waals surface area (Å²) in [6.07, 6.45) is 5.86. The Hall–Kier alpha value is -1.65. The number of hydrogen-bond donors (Lipinski definition) is 1. The summed E-state index contributed by atoms with van der Waals surface area (Å²) < 4.78 is 5.90. The molecule has 4 nitrogen and oxygen atoms in total. The highest BCUT2D eigenvalue weighted by atomic mass is 35.5. The van der Waals surface area contributed by atoms with Gasteiger partial charge in [0.05, 0.1) is 10.7 Å². The highest BCUT2D eigenvalue weighted by Crippen LogP contribution is 2.23. The topological polar surface area (TPSA) is 47.0 Å². The van der Waals surface area contributed by atoms with Gasteiger partial charge in [-0.25, -0.2) is 0 Å². The lowest BCUT2D eigenvalue weighted by molar-refractivity contribution is 0.300. The molecule has 21 heavy (non-hydrogen) atoms. The number of aryl methyl sites for hydroxylation is 1. The average Bonchev–Trinajstić information content (AvgIpc) is 3.30. The molecule has 3 rings (SSSR count). The van der Waals surface area contributed by atoms with Crippen molar-refractivity contribution in [2.24, 2.45) is 0 Å². The highest BCUT2D eigenvalue weighted by Gasteiger charge is 2.21. The van der Waals surface area contributed by atoms with Crippen molar-refractivity contribution in [1.29, 1.82) is 0 Å². The fraction of sp³-hybridized carbons (Fsp3) is 0.375. The lowest BCUT2D eigenvalue weighted by Crippen LogP contribution is -2.17. The molecule has 0 aromatic carbocycles. The Morgan fingerprint density at radius 3 is 2.95 bits per heavy atom. The number of halogens is 1. The zero-order chi connectivity index (χ0) is 14.7. The molecule has 0 spiro atoms. The van der Waals surface area contributed by atoms with E-state index in [1.807, 2.05) is 25.1 Å². The van der Waals surface area contributed by atoms with Gasteiger partial charge in [-0.2, -0.15) is 0 Å². The molecule has 0 amide bonds. The van der Waals surface area contributed by atoms with Gasteiger partial charge >= 0.3 is 0 Å². The minimum atomic E-state index is 0.419. The monoisotopic (exact) mass is 303 g/mol. The smallest absolute Gasteiger partial charge is 0.142 e. The largest absolute Gasteiger partial charge is 0.487 e. The van der Waals surface area contributed by atoms with E-state index in [4.69, 9.17) is 16.3 Å². The lowest BCUT2D eigenvalue weighted by Gasteiger charge is -2.12. The van der Waals surface area contributed by atoms with Crippen LogP contribution in [0.4, 0.5) is 0 Å². The van der Waals surface area contributed by atoms with Gasteiger partial charge in [0.15, 0.2) is 0 Å². The van der Waals surface area contributed by atoms with Crippen LogP contribution in [0.25, 0.3) is 0 Å². The molecular weight excluding hydrogens is 286 g/mol. The summed E-state index contributed by atoms with van der Waals surface area (Å²) in [4.78, 5) is 8.55. The Kier molecular flexibility index (Phi) is 4.36. The molecule has 2 heterocycles. The first kappa shape index (κ1) is 14.3. The molecule has 0 atom stereocenters. The van der Waals surface area contributed by atoms with Crippen LogP contribution < -0.4 is 10.1 Å². The minimum absolute atomic E-state index is 0.419. The number of pyridine rings is 2. The number of nitrogens with zero attached hydrogens (tertiary/aromatic N) is 2. The van der Waals surface area contributed by atoms with Crippen molar-refractivity contribution in [2.45, 2.75) is 39.0 Å². The molecule has 2 aromatic rings. The highest BCUT2D eigenvalue weighted by molar-refractivity contribution is 6.31. The molecule has 0 unspecified atom stereocenters. The maximum Gasteiger partial charge on any atom is 0.142 e. The molecule has 5 heteroatoms. The van der Waals surface area contributed by atoms with Crippen LogP contribution in [0.1, 0.15) is 29.8 Å². The molecule has 1 N–H and O–H groups in total. The molecule has 0 saturated heterocycles. The SMILES string of the molecule is Cc1ccc(OCc2ccncc2Cl)c(CNC2CC2)n1. The first-order valence-corrected chi connectivity index (χ1v) is 7.51. The second kappa shape index (κ2) is 6.41. The van der Waals surface area contributed by atoms with Crippen LogP contribution in [0.3, 0.4) is 0 Å². The van der Waals surface area contributed by atoms with Gasteiger partial charge in [-0.15, -0.1) is 0 Å². The Morgan fingerprint density at radius 2 is 2.19 bits per heavy atom. The zero-order valence-corrected chi connectivity index (χ0v) is 12.7. The van der Waals surface area contributed by atoms with Crippen LogP contribution >= 0.6 is 11.6 Å². The maximum absolute atomic E-state index is 6.10. The van der Waals surface area contributed by atoms with Crippen LogP contribution in [0.2, 0.25) is 5.02 Å². The Morgan fingerprint density at radius 1 is 1.33 bits per heavy atom. The average molecular weight is 304 g/mol. The summed E-state index contributed by atoms with van der Waals surface area (Å²) in [5, 5.41) is 4.09. The Balaban J connectivity index is 1.70. The standard InChI is InChI=1S/C16H18ClN3O/c1-11-2-5-16(15(20-11)9-19-13-3-4-13)21-10-12-6-7-18-8-14(12)17/h2,5-8,13,19H,3-4,9-10H2,1H3. The van der Waals surface area contributed by atoms with Crippen molar-refractivity contribution in [2.75, 3.05) is 0 Å². The third kappa shape index (κ3) is 3.93. The number of hydrogen-bond acceptors (Lipinski definition) is 4. The fourth-order valence-corrected chi connectivity index (χ4v) is 2.23. The summed E-state index contributed by atoms with van der Waals surface area (Å²) >= 11 is 6.10. The van der Waals surface area contributed by atoms with Gasteiger partial charge in [0.1, 0.15) is 12.4 Å². The Labute approximate surface area is 129 Å². The normalized spacial score (nSPS) is 14.2. The fourth-order valence-electron chi connectivity index (χ4n) is 2.06. The van der Waals surface area contributed by atoms with E-state index in [1.165, 1.54) is 12.8 Å². The molecule has 0 bridgehead atoms. The van der Waals surface area contributed by atoms with Gasteiger partial charge in [-0.3, -0.25) is 9.97 Å². The van der Waals surface area contributed by atoms with Gasteiger partial charge in [0.25, 0.3) is 0 Å². The van der Waals surface area contributed by atoms with Crippen molar-refractivity contribution >= 4 is 11.6 Å². The van der Waals surface area contributed by atoms with Crippen LogP contribution in [-0.2, 0) is 13.2 Å². The summed E-state index contributed by atoms with van der Waals surface area (Å²) in [5.41, 5.74) is 2.87. The molecule has 0 radical (unpaired) electrons. The Bertz CT molecular complexity index is 629. The lowest BCUT2D eigenvalue weighted by atomic mass is 10.2. The predicted molar refractivity (Wildman–Crippen MR) is 82.4 cm³/mol. The van der Waals surface area contributed by atoms with Gasteiger partial charge in [0, 0.05) is 36.2 Å². The van der Waals surface area contributed by atoms with E-state index >= 15 is 0 Å². The first-order chi connectivity index (χ1) is 10.2. The maximum atomic E-state index is 6.10. The van der Waals surface area contributed by atoms with Crippen molar-refractivity contribution in [1.82, 2.24) is 15.3 Å². The number of aromatic nitrogens is 2.